The Kier molecular flexibility index (Phi) is 4.51. The van der Waals surface area contributed by atoms with Gasteiger partial charge in [-0.2, -0.15) is 10.2 Å². The Hall–Kier alpha value is -2.06. The molecule has 0 spiro atoms. The molecular formula is C14H14Cl2N4O4. The number of aromatic carboxylic acids is 2. The van der Waals surface area contributed by atoms with Crippen molar-refractivity contribution in [3.05, 3.63) is 33.8 Å². The zero-order chi connectivity index (χ0) is 17.4. The molecule has 0 bridgehead atoms. The molecule has 2 heterocycles. The Labute approximate surface area is 146 Å². The number of rotatable bonds is 4. The van der Waals surface area contributed by atoms with Gasteiger partial charge in [0.15, 0.2) is 0 Å². The second-order valence-corrected chi connectivity index (χ2v) is 6.38. The van der Waals surface area contributed by atoms with E-state index in [0.29, 0.717) is 12.1 Å². The van der Waals surface area contributed by atoms with E-state index in [1.165, 1.54) is 12.4 Å². The first-order chi connectivity index (χ1) is 11.4. The van der Waals surface area contributed by atoms with Crippen molar-refractivity contribution in [3.63, 3.8) is 0 Å². The van der Waals surface area contributed by atoms with Crippen LogP contribution >= 0.6 is 23.2 Å². The number of hydrogen-bond acceptors (Lipinski definition) is 4. The third-order valence-electron chi connectivity index (χ3n) is 3.72. The van der Waals surface area contributed by atoms with Gasteiger partial charge in [-0.25, -0.2) is 9.59 Å². The largest absolute Gasteiger partial charge is 0.478 e. The van der Waals surface area contributed by atoms with Gasteiger partial charge in [-0.05, 0) is 25.7 Å². The molecule has 128 valence electrons. The quantitative estimate of drug-likeness (QED) is 0.852. The summed E-state index contributed by atoms with van der Waals surface area (Å²) in [4.78, 5) is 21.1. The molecule has 0 aromatic carbocycles. The molecule has 0 atom stereocenters. The lowest BCUT2D eigenvalue weighted by molar-refractivity contribution is 0.0686. The van der Waals surface area contributed by atoms with Crippen LogP contribution in [-0.2, 0) is 0 Å². The first-order valence-electron chi connectivity index (χ1n) is 7.32. The Balaban J connectivity index is 0.000000141. The van der Waals surface area contributed by atoms with Gasteiger partial charge in [0.2, 0.25) is 0 Å². The number of nitrogens with zero attached hydrogens (tertiary/aromatic N) is 4. The number of hydrogen-bond donors (Lipinski definition) is 2. The fraction of sp³-hybridized carbons (Fsp3) is 0.429. The molecule has 2 aromatic heterocycles. The Bertz CT molecular complexity index is 727. The molecule has 0 unspecified atom stereocenters. The van der Waals surface area contributed by atoms with Crippen molar-refractivity contribution in [3.8, 4) is 0 Å². The molecule has 2 N–H and O–H groups in total. The molecule has 0 radical (unpaired) electrons. The van der Waals surface area contributed by atoms with Crippen LogP contribution in [0, 0.1) is 0 Å². The first-order valence-corrected chi connectivity index (χ1v) is 8.08. The van der Waals surface area contributed by atoms with E-state index in [0.717, 1.165) is 25.7 Å². The molecule has 2 aromatic rings. The van der Waals surface area contributed by atoms with Crippen molar-refractivity contribution in [1.82, 2.24) is 19.6 Å². The fourth-order valence-corrected chi connectivity index (χ4v) is 2.75. The van der Waals surface area contributed by atoms with Crippen LogP contribution in [0.25, 0.3) is 0 Å². The molecular weight excluding hydrogens is 359 g/mol. The van der Waals surface area contributed by atoms with Crippen LogP contribution in [0.3, 0.4) is 0 Å². The normalized spacial score (nSPS) is 16.4. The third kappa shape index (κ3) is 3.39. The summed E-state index contributed by atoms with van der Waals surface area (Å²) in [5.41, 5.74) is 0.173. The Morgan fingerprint density at radius 2 is 1.21 bits per heavy atom. The van der Waals surface area contributed by atoms with Crippen LogP contribution in [-0.4, -0.2) is 41.7 Å². The van der Waals surface area contributed by atoms with E-state index in [1.54, 1.807) is 9.36 Å². The fourth-order valence-electron chi connectivity index (χ4n) is 2.13. The van der Waals surface area contributed by atoms with Crippen molar-refractivity contribution in [2.24, 2.45) is 0 Å². The third-order valence-corrected chi connectivity index (χ3v) is 4.47. The van der Waals surface area contributed by atoms with Crippen molar-refractivity contribution in [2.45, 2.75) is 37.8 Å². The molecule has 2 fully saturated rings. The second-order valence-electron chi connectivity index (χ2n) is 5.66. The van der Waals surface area contributed by atoms with Gasteiger partial charge in [-0.3, -0.25) is 9.36 Å². The summed E-state index contributed by atoms with van der Waals surface area (Å²) in [7, 11) is 0. The van der Waals surface area contributed by atoms with E-state index < -0.39 is 11.9 Å². The minimum atomic E-state index is -1.02. The standard InChI is InChI=1S/2C7H7ClN2O2/c2*8-6-5(7(11)12)3-9-10(6)4-1-2-4/h2*3-4H,1-2H2,(H,11,12). The molecule has 2 saturated carbocycles. The molecule has 2 aliphatic carbocycles. The molecule has 0 aliphatic heterocycles. The topological polar surface area (TPSA) is 110 Å². The number of carboxylic acids is 2. The van der Waals surface area contributed by atoms with Gasteiger partial charge in [-0.1, -0.05) is 23.2 Å². The summed E-state index contributed by atoms with van der Waals surface area (Å²) in [6.45, 7) is 0. The van der Waals surface area contributed by atoms with Gasteiger partial charge < -0.3 is 10.2 Å². The van der Waals surface area contributed by atoms with E-state index in [-0.39, 0.29) is 21.4 Å². The summed E-state index contributed by atoms with van der Waals surface area (Å²) in [6, 6.07) is 0.649. The van der Waals surface area contributed by atoms with Crippen LogP contribution in [0.5, 0.6) is 0 Å². The van der Waals surface area contributed by atoms with Crippen LogP contribution in [0.1, 0.15) is 58.5 Å². The van der Waals surface area contributed by atoms with Gasteiger partial charge >= 0.3 is 11.9 Å². The zero-order valence-electron chi connectivity index (χ0n) is 12.4. The summed E-state index contributed by atoms with van der Waals surface area (Å²) in [5.74, 6) is -2.04. The zero-order valence-corrected chi connectivity index (χ0v) is 13.9. The van der Waals surface area contributed by atoms with Crippen molar-refractivity contribution < 1.29 is 19.8 Å². The highest BCUT2D eigenvalue weighted by Gasteiger charge is 2.29. The summed E-state index contributed by atoms with van der Waals surface area (Å²) in [6.07, 6.45) is 6.76. The smallest absolute Gasteiger partial charge is 0.340 e. The van der Waals surface area contributed by atoms with E-state index in [9.17, 15) is 9.59 Å². The van der Waals surface area contributed by atoms with Crippen LogP contribution < -0.4 is 0 Å². The Morgan fingerprint density at radius 3 is 1.42 bits per heavy atom. The summed E-state index contributed by atoms with van der Waals surface area (Å²) in [5, 5.41) is 25.6. The molecule has 2 aliphatic rings. The van der Waals surface area contributed by atoms with E-state index in [4.69, 9.17) is 33.4 Å². The number of halogens is 2. The number of carbonyl (C=O) groups is 2. The lowest BCUT2D eigenvalue weighted by Crippen LogP contribution is -1.98. The van der Waals surface area contributed by atoms with Crippen LogP contribution in [0.15, 0.2) is 12.4 Å². The van der Waals surface area contributed by atoms with E-state index >= 15 is 0 Å². The van der Waals surface area contributed by atoms with Crippen molar-refractivity contribution >= 4 is 35.1 Å². The van der Waals surface area contributed by atoms with Gasteiger partial charge in [-0.15, -0.1) is 0 Å². The molecule has 0 saturated heterocycles. The average molecular weight is 373 g/mol. The predicted molar refractivity (Wildman–Crippen MR) is 84.9 cm³/mol. The summed E-state index contributed by atoms with van der Waals surface area (Å²) < 4.78 is 3.15. The van der Waals surface area contributed by atoms with Gasteiger partial charge in [0.1, 0.15) is 21.4 Å². The summed E-state index contributed by atoms with van der Waals surface area (Å²) >= 11 is 11.5. The van der Waals surface area contributed by atoms with Gasteiger partial charge in [0.25, 0.3) is 0 Å². The highest BCUT2D eigenvalue weighted by molar-refractivity contribution is 6.32. The molecule has 4 rings (SSSR count). The number of carboxylic acid groups (broad SMARTS) is 2. The highest BCUT2D eigenvalue weighted by Crippen LogP contribution is 2.38. The number of aromatic nitrogens is 4. The molecule has 10 heteroatoms. The maximum Gasteiger partial charge on any atom is 0.340 e. The lowest BCUT2D eigenvalue weighted by atomic mass is 10.4. The maximum atomic E-state index is 10.5. The molecule has 24 heavy (non-hydrogen) atoms. The van der Waals surface area contributed by atoms with E-state index in [1.807, 2.05) is 0 Å². The molecule has 0 amide bonds. The SMILES string of the molecule is O=C(O)c1cnn(C2CC2)c1Cl.O=C(O)c1cnn(C2CC2)c1Cl. The maximum absolute atomic E-state index is 10.5. The Morgan fingerprint density at radius 1 is 0.875 bits per heavy atom. The van der Waals surface area contributed by atoms with Crippen molar-refractivity contribution in [2.75, 3.05) is 0 Å². The van der Waals surface area contributed by atoms with Gasteiger partial charge in [0, 0.05) is 0 Å². The minimum Gasteiger partial charge on any atom is -0.478 e. The monoisotopic (exact) mass is 372 g/mol. The van der Waals surface area contributed by atoms with Crippen LogP contribution in [0.4, 0.5) is 0 Å². The minimum absolute atomic E-state index is 0.0866. The second kappa shape index (κ2) is 6.45. The first kappa shape index (κ1) is 16.8. The van der Waals surface area contributed by atoms with Crippen molar-refractivity contribution in [1.29, 1.82) is 0 Å². The van der Waals surface area contributed by atoms with E-state index in [2.05, 4.69) is 10.2 Å². The van der Waals surface area contributed by atoms with Crippen LogP contribution in [0.2, 0.25) is 10.3 Å². The molecule has 8 nitrogen and oxygen atoms in total. The average Bonchev–Trinajstić information content (AvgIpc) is 3.44. The predicted octanol–water partition coefficient (Wildman–Crippen LogP) is 3.14. The lowest BCUT2D eigenvalue weighted by Gasteiger charge is -1.97. The highest BCUT2D eigenvalue weighted by atomic mass is 35.5. The van der Waals surface area contributed by atoms with Gasteiger partial charge in [0.05, 0.1) is 24.5 Å².